The molecule has 3 saturated heterocycles. The molecule has 0 radical (unpaired) electrons. The number of aryl methyl sites for hydroxylation is 1. The van der Waals surface area contributed by atoms with Crippen LogP contribution in [0.2, 0.25) is 0 Å². The number of thiazole rings is 1. The quantitative estimate of drug-likeness (QED) is 0.831. The number of hydrogen-bond acceptors (Lipinski definition) is 5. The van der Waals surface area contributed by atoms with Gasteiger partial charge in [-0.05, 0) is 26.2 Å². The molecule has 0 bridgehead atoms. The highest BCUT2D eigenvalue weighted by Crippen LogP contribution is 2.41. The second-order valence-electron chi connectivity index (χ2n) is 7.30. The molecule has 1 aromatic rings. The summed E-state index contributed by atoms with van der Waals surface area (Å²) in [7, 11) is 0. The van der Waals surface area contributed by atoms with Crippen molar-refractivity contribution in [2.75, 3.05) is 26.2 Å². The third kappa shape index (κ3) is 2.95. The van der Waals surface area contributed by atoms with Crippen LogP contribution in [0.15, 0.2) is 5.38 Å². The summed E-state index contributed by atoms with van der Waals surface area (Å²) in [6.45, 7) is 5.42. The second kappa shape index (κ2) is 6.11. The summed E-state index contributed by atoms with van der Waals surface area (Å²) < 4.78 is 5.53. The van der Waals surface area contributed by atoms with Crippen molar-refractivity contribution in [3.8, 4) is 0 Å². The summed E-state index contributed by atoms with van der Waals surface area (Å²) >= 11 is 1.62. The molecule has 4 heterocycles. The minimum absolute atomic E-state index is 0.0730. The fraction of sp³-hybridized carbons (Fsp3) is 0.706. The highest BCUT2D eigenvalue weighted by atomic mass is 32.1. The Morgan fingerprint density at radius 1 is 1.50 bits per heavy atom. The lowest BCUT2D eigenvalue weighted by molar-refractivity contribution is -0.140. The summed E-state index contributed by atoms with van der Waals surface area (Å²) in [4.78, 5) is 33.3. The molecule has 0 aromatic carbocycles. The van der Waals surface area contributed by atoms with Gasteiger partial charge in [0, 0.05) is 43.5 Å². The van der Waals surface area contributed by atoms with Gasteiger partial charge in [0.05, 0.1) is 17.2 Å². The SMILES string of the molecule is Cc1nc(CN2CC3(CCN(C(=O)[C@H]4CCCO4)C3)CC2=O)cs1. The van der Waals surface area contributed by atoms with E-state index in [-0.39, 0.29) is 23.3 Å². The van der Waals surface area contributed by atoms with E-state index in [1.165, 1.54) is 0 Å². The number of carbonyl (C=O) groups is 2. The molecule has 130 valence electrons. The van der Waals surface area contributed by atoms with E-state index in [0.717, 1.165) is 43.1 Å². The summed E-state index contributed by atoms with van der Waals surface area (Å²) in [5, 5.41) is 3.05. The van der Waals surface area contributed by atoms with Crippen LogP contribution in [0, 0.1) is 12.3 Å². The maximum absolute atomic E-state index is 12.5. The molecule has 1 aromatic heterocycles. The van der Waals surface area contributed by atoms with E-state index in [9.17, 15) is 9.59 Å². The van der Waals surface area contributed by atoms with Gasteiger partial charge in [-0.3, -0.25) is 9.59 Å². The highest BCUT2D eigenvalue weighted by Gasteiger charge is 2.49. The van der Waals surface area contributed by atoms with Crippen molar-refractivity contribution in [2.45, 2.75) is 45.3 Å². The van der Waals surface area contributed by atoms with Gasteiger partial charge in [-0.1, -0.05) is 0 Å². The fourth-order valence-corrected chi connectivity index (χ4v) is 4.78. The highest BCUT2D eigenvalue weighted by molar-refractivity contribution is 7.09. The van der Waals surface area contributed by atoms with E-state index in [2.05, 4.69) is 4.98 Å². The first-order chi connectivity index (χ1) is 11.5. The maximum atomic E-state index is 12.5. The van der Waals surface area contributed by atoms with Gasteiger partial charge in [0.25, 0.3) is 5.91 Å². The van der Waals surface area contributed by atoms with E-state index in [4.69, 9.17) is 4.74 Å². The van der Waals surface area contributed by atoms with Gasteiger partial charge >= 0.3 is 0 Å². The first-order valence-corrected chi connectivity index (χ1v) is 9.52. The third-order valence-electron chi connectivity index (χ3n) is 5.38. The van der Waals surface area contributed by atoms with Crippen LogP contribution >= 0.6 is 11.3 Å². The van der Waals surface area contributed by atoms with Crippen LogP contribution in [0.3, 0.4) is 0 Å². The normalized spacial score (nSPS) is 30.0. The van der Waals surface area contributed by atoms with E-state index >= 15 is 0 Å². The molecule has 6 nitrogen and oxygen atoms in total. The Hall–Kier alpha value is -1.47. The van der Waals surface area contributed by atoms with E-state index in [1.54, 1.807) is 11.3 Å². The van der Waals surface area contributed by atoms with Crippen LogP contribution in [0.5, 0.6) is 0 Å². The van der Waals surface area contributed by atoms with Gasteiger partial charge in [-0.2, -0.15) is 0 Å². The lowest BCUT2D eigenvalue weighted by Crippen LogP contribution is -2.39. The van der Waals surface area contributed by atoms with Crippen LogP contribution in [-0.2, 0) is 20.9 Å². The summed E-state index contributed by atoms with van der Waals surface area (Å²) in [6, 6.07) is 0. The Balaban J connectivity index is 1.40. The first kappa shape index (κ1) is 16.0. The third-order valence-corrected chi connectivity index (χ3v) is 6.20. The Labute approximate surface area is 145 Å². The Kier molecular flexibility index (Phi) is 4.08. The summed E-state index contributed by atoms with van der Waals surface area (Å²) in [5.41, 5.74) is 0.893. The van der Waals surface area contributed by atoms with Crippen molar-refractivity contribution < 1.29 is 14.3 Å². The number of nitrogens with zero attached hydrogens (tertiary/aromatic N) is 3. The lowest BCUT2D eigenvalue weighted by atomic mass is 9.86. The number of rotatable bonds is 3. The molecule has 3 fully saturated rings. The minimum atomic E-state index is -0.258. The van der Waals surface area contributed by atoms with Crippen LogP contribution in [-0.4, -0.2) is 58.9 Å². The van der Waals surface area contributed by atoms with Gasteiger partial charge < -0.3 is 14.5 Å². The van der Waals surface area contributed by atoms with E-state index < -0.39 is 0 Å². The Bertz CT molecular complexity index is 655. The maximum Gasteiger partial charge on any atom is 0.251 e. The molecular weight excluding hydrogens is 326 g/mol. The summed E-state index contributed by atoms with van der Waals surface area (Å²) in [5.74, 6) is 0.303. The molecule has 2 amide bonds. The monoisotopic (exact) mass is 349 g/mol. The molecule has 7 heteroatoms. The molecule has 3 aliphatic rings. The number of hydrogen-bond donors (Lipinski definition) is 0. The van der Waals surface area contributed by atoms with Crippen molar-refractivity contribution in [3.05, 3.63) is 16.1 Å². The molecule has 2 atom stereocenters. The zero-order chi connectivity index (χ0) is 16.7. The average Bonchev–Trinajstić information content (AvgIpc) is 3.30. The largest absolute Gasteiger partial charge is 0.368 e. The Morgan fingerprint density at radius 2 is 2.38 bits per heavy atom. The van der Waals surface area contributed by atoms with Crippen LogP contribution < -0.4 is 0 Å². The number of aromatic nitrogens is 1. The van der Waals surface area contributed by atoms with Gasteiger partial charge in [0.15, 0.2) is 0 Å². The Morgan fingerprint density at radius 3 is 3.08 bits per heavy atom. The predicted molar refractivity (Wildman–Crippen MR) is 89.5 cm³/mol. The molecule has 1 spiro atoms. The zero-order valence-corrected chi connectivity index (χ0v) is 14.8. The van der Waals surface area contributed by atoms with E-state index in [0.29, 0.717) is 26.1 Å². The van der Waals surface area contributed by atoms with Crippen molar-refractivity contribution in [1.82, 2.24) is 14.8 Å². The van der Waals surface area contributed by atoms with Gasteiger partial charge in [-0.25, -0.2) is 4.98 Å². The molecular formula is C17H23N3O3S. The molecule has 0 saturated carbocycles. The molecule has 0 N–H and O–H groups in total. The molecule has 24 heavy (non-hydrogen) atoms. The van der Waals surface area contributed by atoms with Gasteiger partial charge in [0.2, 0.25) is 5.91 Å². The number of carbonyl (C=O) groups excluding carboxylic acids is 2. The van der Waals surface area contributed by atoms with Crippen LogP contribution in [0.25, 0.3) is 0 Å². The molecule has 3 aliphatic heterocycles. The van der Waals surface area contributed by atoms with Crippen LogP contribution in [0.4, 0.5) is 0 Å². The lowest BCUT2D eigenvalue weighted by Gasteiger charge is -2.25. The topological polar surface area (TPSA) is 62.7 Å². The van der Waals surface area contributed by atoms with Crippen molar-refractivity contribution in [1.29, 1.82) is 0 Å². The summed E-state index contributed by atoms with van der Waals surface area (Å²) in [6.07, 6.45) is 2.99. The van der Waals surface area contributed by atoms with Gasteiger partial charge in [-0.15, -0.1) is 11.3 Å². The van der Waals surface area contributed by atoms with Gasteiger partial charge in [0.1, 0.15) is 6.10 Å². The number of likely N-dealkylation sites (tertiary alicyclic amines) is 2. The first-order valence-electron chi connectivity index (χ1n) is 8.64. The average molecular weight is 349 g/mol. The second-order valence-corrected chi connectivity index (χ2v) is 8.36. The molecule has 1 unspecified atom stereocenters. The number of ether oxygens (including phenoxy) is 1. The smallest absolute Gasteiger partial charge is 0.251 e. The fourth-order valence-electron chi connectivity index (χ4n) is 4.17. The number of amides is 2. The van der Waals surface area contributed by atoms with Crippen molar-refractivity contribution >= 4 is 23.2 Å². The molecule has 4 rings (SSSR count). The van der Waals surface area contributed by atoms with Crippen molar-refractivity contribution in [2.24, 2.45) is 5.41 Å². The predicted octanol–water partition coefficient (Wildman–Crippen LogP) is 1.58. The molecule has 0 aliphatic carbocycles. The minimum Gasteiger partial charge on any atom is -0.368 e. The zero-order valence-electron chi connectivity index (χ0n) is 14.0. The van der Waals surface area contributed by atoms with Crippen molar-refractivity contribution in [3.63, 3.8) is 0 Å². The van der Waals surface area contributed by atoms with E-state index in [1.807, 2.05) is 22.1 Å². The standard InChI is InChI=1S/C17H23N3O3S/c1-12-18-13(9-24-12)8-20-11-17(7-15(20)21)4-5-19(10-17)16(22)14-3-2-6-23-14/h9,14H,2-8,10-11H2,1H3/t14-,17?/m1/s1. The van der Waals surface area contributed by atoms with Crippen LogP contribution in [0.1, 0.15) is 36.4 Å².